The van der Waals surface area contributed by atoms with Crippen molar-refractivity contribution in [3.63, 3.8) is 0 Å². The van der Waals surface area contributed by atoms with Gasteiger partial charge in [-0.3, -0.25) is 14.9 Å². The molecule has 0 heterocycles. The molecule has 6 heteroatoms. The van der Waals surface area contributed by atoms with Crippen LogP contribution in [0.15, 0.2) is 18.2 Å². The fourth-order valence-electron chi connectivity index (χ4n) is 1.34. The van der Waals surface area contributed by atoms with Gasteiger partial charge in [0.1, 0.15) is 11.5 Å². The molecule has 0 aliphatic carbocycles. The van der Waals surface area contributed by atoms with E-state index in [-0.39, 0.29) is 17.2 Å². The zero-order valence-corrected chi connectivity index (χ0v) is 10.8. The number of nitro benzene ring substituents is 1. The standard InChI is InChI=1S/C12H14ClNO4/c1-2-10(15)4-3-7-18-12-8-9(14(16)17)5-6-11(12)13/h5-6,8H,2-4,7H2,1H3. The molecule has 0 aliphatic rings. The van der Waals surface area contributed by atoms with E-state index >= 15 is 0 Å². The van der Waals surface area contributed by atoms with Crippen molar-refractivity contribution in [1.29, 1.82) is 0 Å². The predicted molar refractivity (Wildman–Crippen MR) is 68.1 cm³/mol. The van der Waals surface area contributed by atoms with Crippen LogP contribution in [-0.2, 0) is 4.79 Å². The minimum absolute atomic E-state index is 0.0703. The number of benzene rings is 1. The second-order valence-corrected chi connectivity index (χ2v) is 4.12. The fraction of sp³-hybridized carbons (Fsp3) is 0.417. The number of carbonyl (C=O) groups is 1. The van der Waals surface area contributed by atoms with Crippen molar-refractivity contribution in [3.05, 3.63) is 33.3 Å². The number of ether oxygens (including phenoxy) is 1. The van der Waals surface area contributed by atoms with Crippen LogP contribution in [0.2, 0.25) is 5.02 Å². The van der Waals surface area contributed by atoms with Crippen LogP contribution < -0.4 is 4.74 Å². The van der Waals surface area contributed by atoms with Gasteiger partial charge in [0.15, 0.2) is 0 Å². The summed E-state index contributed by atoms with van der Waals surface area (Å²) in [6.07, 6.45) is 1.53. The second-order valence-electron chi connectivity index (χ2n) is 3.72. The van der Waals surface area contributed by atoms with Crippen molar-refractivity contribution in [2.24, 2.45) is 0 Å². The van der Waals surface area contributed by atoms with Gasteiger partial charge in [0.25, 0.3) is 5.69 Å². The van der Waals surface area contributed by atoms with E-state index in [1.807, 2.05) is 0 Å². The van der Waals surface area contributed by atoms with Gasteiger partial charge in [-0.05, 0) is 12.5 Å². The average molecular weight is 272 g/mol. The van der Waals surface area contributed by atoms with Crippen molar-refractivity contribution >= 4 is 23.1 Å². The Kier molecular flexibility index (Phi) is 5.58. The third-order valence-corrected chi connectivity index (χ3v) is 2.69. The van der Waals surface area contributed by atoms with E-state index in [1.165, 1.54) is 18.2 Å². The van der Waals surface area contributed by atoms with Gasteiger partial charge in [0.2, 0.25) is 0 Å². The number of ketones is 1. The predicted octanol–water partition coefficient (Wildman–Crippen LogP) is 3.39. The van der Waals surface area contributed by atoms with Gasteiger partial charge in [-0.1, -0.05) is 18.5 Å². The van der Waals surface area contributed by atoms with Crippen molar-refractivity contribution in [2.45, 2.75) is 26.2 Å². The first kappa shape index (κ1) is 14.4. The summed E-state index contributed by atoms with van der Waals surface area (Å²) in [5.41, 5.74) is -0.0703. The molecule has 0 aromatic heterocycles. The summed E-state index contributed by atoms with van der Waals surface area (Å²) >= 11 is 5.86. The van der Waals surface area contributed by atoms with Crippen LogP contribution in [0.25, 0.3) is 0 Å². The fourth-order valence-corrected chi connectivity index (χ4v) is 1.52. The molecule has 1 aromatic carbocycles. The molecule has 0 radical (unpaired) electrons. The minimum Gasteiger partial charge on any atom is -0.492 e. The van der Waals surface area contributed by atoms with Gasteiger partial charge in [0, 0.05) is 18.9 Å². The number of rotatable bonds is 7. The zero-order valence-electron chi connectivity index (χ0n) is 10.0. The first-order valence-corrected chi connectivity index (χ1v) is 6.00. The smallest absolute Gasteiger partial charge is 0.273 e. The van der Waals surface area contributed by atoms with Crippen LogP contribution in [0.5, 0.6) is 5.75 Å². The second kappa shape index (κ2) is 6.96. The number of halogens is 1. The van der Waals surface area contributed by atoms with Crippen molar-refractivity contribution in [2.75, 3.05) is 6.61 Å². The van der Waals surface area contributed by atoms with Gasteiger partial charge in [-0.15, -0.1) is 0 Å². The number of nitrogens with zero attached hydrogens (tertiary/aromatic N) is 1. The largest absolute Gasteiger partial charge is 0.492 e. The van der Waals surface area contributed by atoms with Crippen molar-refractivity contribution < 1.29 is 14.5 Å². The third-order valence-electron chi connectivity index (χ3n) is 2.38. The molecular formula is C12H14ClNO4. The SMILES string of the molecule is CCC(=O)CCCOc1cc([N+](=O)[O-])ccc1Cl. The average Bonchev–Trinajstić information content (AvgIpc) is 2.35. The molecule has 0 N–H and O–H groups in total. The third kappa shape index (κ3) is 4.33. The molecule has 1 rings (SSSR count). The molecule has 0 saturated carbocycles. The number of nitro groups is 1. The molecule has 0 saturated heterocycles. The lowest BCUT2D eigenvalue weighted by molar-refractivity contribution is -0.384. The van der Waals surface area contributed by atoms with Gasteiger partial charge < -0.3 is 4.74 Å². The maximum atomic E-state index is 11.1. The van der Waals surface area contributed by atoms with Crippen LogP contribution >= 0.6 is 11.6 Å². The summed E-state index contributed by atoms with van der Waals surface area (Å²) in [7, 11) is 0. The number of hydrogen-bond donors (Lipinski definition) is 0. The summed E-state index contributed by atoms with van der Waals surface area (Å²) in [4.78, 5) is 21.1. The highest BCUT2D eigenvalue weighted by molar-refractivity contribution is 6.32. The highest BCUT2D eigenvalue weighted by Gasteiger charge is 2.10. The van der Waals surface area contributed by atoms with E-state index in [9.17, 15) is 14.9 Å². The maximum Gasteiger partial charge on any atom is 0.273 e. The molecule has 18 heavy (non-hydrogen) atoms. The van der Waals surface area contributed by atoms with E-state index in [0.29, 0.717) is 30.9 Å². The van der Waals surface area contributed by atoms with Crippen molar-refractivity contribution in [3.8, 4) is 5.75 Å². The van der Waals surface area contributed by atoms with Crippen LogP contribution in [-0.4, -0.2) is 17.3 Å². The van der Waals surface area contributed by atoms with Crippen LogP contribution in [0.3, 0.4) is 0 Å². The molecule has 5 nitrogen and oxygen atoms in total. The molecule has 0 spiro atoms. The van der Waals surface area contributed by atoms with E-state index < -0.39 is 4.92 Å². The van der Waals surface area contributed by atoms with Gasteiger partial charge in [-0.2, -0.15) is 0 Å². The number of Topliss-reactive ketones (excluding diaryl/α,β-unsaturated/α-hetero) is 1. The molecule has 0 atom stereocenters. The Labute approximate surface area is 110 Å². The summed E-state index contributed by atoms with van der Waals surface area (Å²) in [6, 6.07) is 4.02. The molecular weight excluding hydrogens is 258 g/mol. The number of carbonyl (C=O) groups excluding carboxylic acids is 1. The first-order valence-electron chi connectivity index (χ1n) is 5.63. The highest BCUT2D eigenvalue weighted by atomic mass is 35.5. The zero-order chi connectivity index (χ0) is 13.5. The van der Waals surface area contributed by atoms with E-state index in [0.717, 1.165) is 0 Å². The van der Waals surface area contributed by atoms with Gasteiger partial charge >= 0.3 is 0 Å². The Morgan fingerprint density at radius 1 is 1.50 bits per heavy atom. The summed E-state index contributed by atoms with van der Waals surface area (Å²) in [6.45, 7) is 2.12. The normalized spacial score (nSPS) is 10.1. The van der Waals surface area contributed by atoms with Crippen LogP contribution in [0.4, 0.5) is 5.69 Å². The van der Waals surface area contributed by atoms with E-state index in [4.69, 9.17) is 16.3 Å². The molecule has 0 fully saturated rings. The summed E-state index contributed by atoms with van der Waals surface area (Å²) in [5.74, 6) is 0.443. The molecule has 0 aliphatic heterocycles. The Morgan fingerprint density at radius 3 is 2.83 bits per heavy atom. The van der Waals surface area contributed by atoms with Crippen molar-refractivity contribution in [1.82, 2.24) is 0 Å². The van der Waals surface area contributed by atoms with Crippen LogP contribution in [0.1, 0.15) is 26.2 Å². The van der Waals surface area contributed by atoms with Gasteiger partial charge in [-0.25, -0.2) is 0 Å². The molecule has 0 unspecified atom stereocenters. The minimum atomic E-state index is -0.510. The molecule has 98 valence electrons. The molecule has 0 bridgehead atoms. The summed E-state index contributed by atoms with van der Waals surface area (Å²) in [5, 5.41) is 10.9. The Hall–Kier alpha value is -1.62. The Bertz CT molecular complexity index is 448. The Balaban J connectivity index is 2.53. The Morgan fingerprint density at radius 2 is 2.22 bits per heavy atom. The number of hydrogen-bond acceptors (Lipinski definition) is 4. The quantitative estimate of drug-likeness (QED) is 0.433. The molecule has 0 amide bonds. The monoisotopic (exact) mass is 271 g/mol. The highest BCUT2D eigenvalue weighted by Crippen LogP contribution is 2.28. The first-order chi connectivity index (χ1) is 8.54. The van der Waals surface area contributed by atoms with E-state index in [2.05, 4.69) is 0 Å². The molecule has 1 aromatic rings. The summed E-state index contributed by atoms with van der Waals surface area (Å²) < 4.78 is 5.33. The van der Waals surface area contributed by atoms with E-state index in [1.54, 1.807) is 6.92 Å². The van der Waals surface area contributed by atoms with Gasteiger partial charge in [0.05, 0.1) is 22.6 Å². The lowest BCUT2D eigenvalue weighted by Crippen LogP contribution is -2.02. The lowest BCUT2D eigenvalue weighted by Gasteiger charge is -2.07. The lowest BCUT2D eigenvalue weighted by atomic mass is 10.2. The topological polar surface area (TPSA) is 69.4 Å². The maximum absolute atomic E-state index is 11.1. The number of non-ortho nitro benzene ring substituents is 1. The van der Waals surface area contributed by atoms with Crippen LogP contribution in [0, 0.1) is 10.1 Å².